The maximum absolute atomic E-state index is 14.5. The first kappa shape index (κ1) is 27.6. The lowest BCUT2D eigenvalue weighted by atomic mass is 9.91. The van der Waals surface area contributed by atoms with E-state index in [1.54, 1.807) is 42.5 Å². The third kappa shape index (κ3) is 5.18. The lowest BCUT2D eigenvalue weighted by Crippen LogP contribution is -2.29. The predicted molar refractivity (Wildman–Crippen MR) is 146 cm³/mol. The van der Waals surface area contributed by atoms with Gasteiger partial charge in [-0.15, -0.1) is 0 Å². The smallest absolute Gasteiger partial charge is 0.372 e. The second-order valence-corrected chi connectivity index (χ2v) is 9.96. The van der Waals surface area contributed by atoms with Crippen LogP contribution in [-0.2, 0) is 12.7 Å². The summed E-state index contributed by atoms with van der Waals surface area (Å²) in [6.07, 6.45) is -1.89. The summed E-state index contributed by atoms with van der Waals surface area (Å²) in [5.74, 6) is -2.14. The van der Waals surface area contributed by atoms with Gasteiger partial charge in [0.05, 0.1) is 29.3 Å². The number of anilines is 1. The highest BCUT2D eigenvalue weighted by Crippen LogP contribution is 2.43. The van der Waals surface area contributed by atoms with Crippen molar-refractivity contribution in [2.75, 3.05) is 18.0 Å². The van der Waals surface area contributed by atoms with Crippen molar-refractivity contribution in [3.05, 3.63) is 76.2 Å². The van der Waals surface area contributed by atoms with E-state index in [0.717, 1.165) is 42.7 Å². The molecule has 1 saturated heterocycles. The molecular formula is C29H26F3N7O2. The minimum Gasteiger partial charge on any atom is -0.372 e. The SMILES string of the molecule is Cc1c(-c2c(C(N)=O)nc3ccc(N4CCCCC4)cc3c2C(N)=O)c(C(F)(F)F)nn1Cc1ccc(C#N)cc1. The molecular weight excluding hydrogens is 535 g/mol. The lowest BCUT2D eigenvalue weighted by Gasteiger charge is -2.29. The van der Waals surface area contributed by atoms with Crippen LogP contribution in [0, 0.1) is 18.3 Å². The van der Waals surface area contributed by atoms with Crippen LogP contribution in [0.3, 0.4) is 0 Å². The monoisotopic (exact) mass is 561 g/mol. The van der Waals surface area contributed by atoms with Crippen LogP contribution in [0.15, 0.2) is 42.5 Å². The number of fused-ring (bicyclic) bond motifs is 1. The van der Waals surface area contributed by atoms with E-state index in [9.17, 15) is 22.8 Å². The number of rotatable bonds is 6. The summed E-state index contributed by atoms with van der Waals surface area (Å²) in [5, 5.41) is 13.1. The molecule has 0 unspecified atom stereocenters. The normalized spacial score (nSPS) is 13.8. The highest BCUT2D eigenvalue weighted by molar-refractivity contribution is 6.16. The van der Waals surface area contributed by atoms with E-state index in [1.807, 2.05) is 6.07 Å². The standard InChI is InChI=1S/C29H26F3N7O2/c1-16-22(26(29(30,31)32)37-39(16)15-18-7-5-17(14-33)6-8-18)24-23(27(34)40)20-13-19(38-11-3-2-4-12-38)9-10-21(20)36-25(24)28(35)41/h5-10,13H,2-4,11-12,15H2,1H3,(H2,34,40)(H2,35,41). The summed E-state index contributed by atoms with van der Waals surface area (Å²) in [6, 6.07) is 13.4. The average Bonchev–Trinajstić information content (AvgIpc) is 3.28. The Hall–Kier alpha value is -4.92. The van der Waals surface area contributed by atoms with Gasteiger partial charge in [-0.2, -0.15) is 23.5 Å². The molecule has 1 fully saturated rings. The van der Waals surface area contributed by atoms with Gasteiger partial charge in [0.1, 0.15) is 5.69 Å². The first-order valence-electron chi connectivity index (χ1n) is 13.0. The van der Waals surface area contributed by atoms with Crippen molar-refractivity contribution < 1.29 is 22.8 Å². The van der Waals surface area contributed by atoms with Gasteiger partial charge in [-0.3, -0.25) is 14.3 Å². The fourth-order valence-corrected chi connectivity index (χ4v) is 5.33. The van der Waals surface area contributed by atoms with E-state index < -0.39 is 40.5 Å². The molecule has 12 heteroatoms. The second kappa shape index (κ2) is 10.6. The predicted octanol–water partition coefficient (Wildman–Crippen LogP) is 4.53. The summed E-state index contributed by atoms with van der Waals surface area (Å²) >= 11 is 0. The molecule has 9 nitrogen and oxygen atoms in total. The van der Waals surface area contributed by atoms with Crippen LogP contribution in [0.1, 0.15) is 62.6 Å². The Labute approximate surface area is 233 Å². The van der Waals surface area contributed by atoms with Crippen molar-refractivity contribution in [2.24, 2.45) is 11.5 Å². The maximum Gasteiger partial charge on any atom is 0.435 e. The molecule has 2 aromatic heterocycles. The third-order valence-electron chi connectivity index (χ3n) is 7.31. The van der Waals surface area contributed by atoms with Crippen molar-refractivity contribution in [2.45, 2.75) is 38.9 Å². The number of nitrogens with two attached hydrogens (primary N) is 2. The summed E-state index contributed by atoms with van der Waals surface area (Å²) < 4.78 is 44.6. The molecule has 0 saturated carbocycles. The molecule has 0 radical (unpaired) electrons. The van der Waals surface area contributed by atoms with Crippen LogP contribution in [0.4, 0.5) is 18.9 Å². The van der Waals surface area contributed by atoms with E-state index in [0.29, 0.717) is 11.1 Å². The number of hydrogen-bond acceptors (Lipinski definition) is 6. The molecule has 2 aromatic carbocycles. The Balaban J connectivity index is 1.78. The first-order valence-corrected chi connectivity index (χ1v) is 13.0. The highest BCUT2D eigenvalue weighted by Gasteiger charge is 2.41. The van der Waals surface area contributed by atoms with Gasteiger partial charge in [0.25, 0.3) is 5.91 Å². The molecule has 0 spiro atoms. The number of alkyl halides is 3. The Kier molecular flexibility index (Phi) is 7.13. The van der Waals surface area contributed by atoms with Gasteiger partial charge < -0.3 is 16.4 Å². The molecule has 210 valence electrons. The maximum atomic E-state index is 14.5. The zero-order chi connectivity index (χ0) is 29.5. The minimum absolute atomic E-state index is 0.0278. The molecule has 41 heavy (non-hydrogen) atoms. The number of halogens is 3. The summed E-state index contributed by atoms with van der Waals surface area (Å²) in [5.41, 5.74) is 10.4. The number of carbonyl (C=O) groups is 2. The van der Waals surface area contributed by atoms with Crippen molar-refractivity contribution >= 4 is 28.4 Å². The van der Waals surface area contributed by atoms with Gasteiger partial charge in [-0.25, -0.2) is 4.98 Å². The highest BCUT2D eigenvalue weighted by atomic mass is 19.4. The third-order valence-corrected chi connectivity index (χ3v) is 7.31. The fourth-order valence-electron chi connectivity index (χ4n) is 5.33. The van der Waals surface area contributed by atoms with Crippen LogP contribution in [0.2, 0.25) is 0 Å². The number of aromatic nitrogens is 3. The van der Waals surface area contributed by atoms with Crippen LogP contribution in [-0.4, -0.2) is 39.7 Å². The van der Waals surface area contributed by atoms with E-state index in [2.05, 4.69) is 15.0 Å². The van der Waals surface area contributed by atoms with Crippen LogP contribution in [0.25, 0.3) is 22.0 Å². The van der Waals surface area contributed by atoms with E-state index in [4.69, 9.17) is 16.7 Å². The molecule has 0 aliphatic carbocycles. The number of primary amides is 2. The molecule has 1 aliphatic heterocycles. The number of hydrogen-bond donors (Lipinski definition) is 2. The molecule has 4 N–H and O–H groups in total. The van der Waals surface area contributed by atoms with Crippen LogP contribution < -0.4 is 16.4 Å². The van der Waals surface area contributed by atoms with Crippen molar-refractivity contribution in [3.63, 3.8) is 0 Å². The fraction of sp³-hybridized carbons (Fsp3) is 0.276. The van der Waals surface area contributed by atoms with Gasteiger partial charge in [-0.05, 0) is 62.1 Å². The summed E-state index contributed by atoms with van der Waals surface area (Å²) in [4.78, 5) is 32.1. The van der Waals surface area contributed by atoms with Crippen molar-refractivity contribution in [3.8, 4) is 17.2 Å². The Morgan fingerprint density at radius 3 is 2.27 bits per heavy atom. The number of benzene rings is 2. The van der Waals surface area contributed by atoms with Crippen molar-refractivity contribution in [1.82, 2.24) is 14.8 Å². The van der Waals surface area contributed by atoms with Crippen LogP contribution >= 0.6 is 0 Å². The molecule has 1 aliphatic rings. The van der Waals surface area contributed by atoms with Crippen molar-refractivity contribution in [1.29, 1.82) is 5.26 Å². The number of amides is 2. The van der Waals surface area contributed by atoms with Gasteiger partial charge >= 0.3 is 6.18 Å². The van der Waals surface area contributed by atoms with Gasteiger partial charge in [-0.1, -0.05) is 12.1 Å². The Morgan fingerprint density at radius 1 is 1.00 bits per heavy atom. The number of piperidine rings is 1. The zero-order valence-corrected chi connectivity index (χ0v) is 22.1. The number of pyridine rings is 1. The van der Waals surface area contributed by atoms with Gasteiger partial charge in [0.2, 0.25) is 5.91 Å². The average molecular weight is 562 g/mol. The molecule has 5 rings (SSSR count). The molecule has 3 heterocycles. The van der Waals surface area contributed by atoms with Crippen LogP contribution in [0.5, 0.6) is 0 Å². The number of nitriles is 1. The van der Waals surface area contributed by atoms with Gasteiger partial charge in [0.15, 0.2) is 5.69 Å². The molecule has 4 aromatic rings. The molecule has 0 atom stereocenters. The first-order chi connectivity index (χ1) is 19.5. The van der Waals surface area contributed by atoms with E-state index in [-0.39, 0.29) is 28.7 Å². The minimum atomic E-state index is -4.95. The number of carbonyl (C=O) groups excluding carboxylic acids is 2. The lowest BCUT2D eigenvalue weighted by molar-refractivity contribution is -0.141. The Bertz CT molecular complexity index is 1710. The summed E-state index contributed by atoms with van der Waals surface area (Å²) in [7, 11) is 0. The zero-order valence-electron chi connectivity index (χ0n) is 22.1. The quantitative estimate of drug-likeness (QED) is 0.354. The largest absolute Gasteiger partial charge is 0.435 e. The summed E-state index contributed by atoms with van der Waals surface area (Å²) in [6.45, 7) is 2.91. The van der Waals surface area contributed by atoms with Gasteiger partial charge in [0, 0.05) is 41.0 Å². The molecule has 2 amide bonds. The topological polar surface area (TPSA) is 144 Å². The van der Waals surface area contributed by atoms with E-state index in [1.165, 1.54) is 6.92 Å². The van der Waals surface area contributed by atoms with E-state index >= 15 is 0 Å². The Morgan fingerprint density at radius 2 is 1.68 bits per heavy atom. The second-order valence-electron chi connectivity index (χ2n) is 9.96. The molecule has 0 bridgehead atoms. The number of nitrogens with zero attached hydrogens (tertiary/aromatic N) is 5.